The minimum absolute atomic E-state index is 0.878. The normalized spacial score (nSPS) is 19.8. The molecule has 1 heterocycles. The molecule has 1 unspecified atom stereocenters. The van der Waals surface area contributed by atoms with Gasteiger partial charge in [0.25, 0.3) is 0 Å². The zero-order valence-corrected chi connectivity index (χ0v) is 12.6. The Morgan fingerprint density at radius 1 is 1.26 bits per heavy atom. The van der Waals surface area contributed by atoms with Gasteiger partial charge >= 0.3 is 0 Å². The summed E-state index contributed by atoms with van der Waals surface area (Å²) in [7, 11) is 0. The molecule has 1 N–H and O–H groups in total. The summed E-state index contributed by atoms with van der Waals surface area (Å²) >= 11 is 5.53. The van der Waals surface area contributed by atoms with Gasteiger partial charge in [-0.15, -0.1) is 0 Å². The molecule has 0 radical (unpaired) electrons. The van der Waals surface area contributed by atoms with Gasteiger partial charge in [0.05, 0.1) is 0 Å². The highest BCUT2D eigenvalue weighted by Gasteiger charge is 2.18. The molecular weight excluding hydrogens is 252 g/mol. The van der Waals surface area contributed by atoms with Crippen LogP contribution in [0.3, 0.4) is 0 Å². The van der Waals surface area contributed by atoms with Crippen LogP contribution in [-0.2, 0) is 0 Å². The predicted molar refractivity (Wildman–Crippen MR) is 86.5 cm³/mol. The Hall–Kier alpha value is -1.09. The van der Waals surface area contributed by atoms with Crippen LogP contribution in [0.1, 0.15) is 39.0 Å². The van der Waals surface area contributed by atoms with Crippen LogP contribution in [0, 0.1) is 5.92 Å². The smallest absolute Gasteiger partial charge is 0.173 e. The average molecular weight is 276 g/mol. The summed E-state index contributed by atoms with van der Waals surface area (Å²) in [6.45, 7) is 4.48. The van der Waals surface area contributed by atoms with Crippen LogP contribution in [0.2, 0.25) is 0 Å². The van der Waals surface area contributed by atoms with Crippen LogP contribution in [0.15, 0.2) is 30.3 Å². The van der Waals surface area contributed by atoms with Crippen molar-refractivity contribution in [2.45, 2.75) is 39.0 Å². The Bertz CT molecular complexity index is 391. The van der Waals surface area contributed by atoms with Crippen molar-refractivity contribution in [3.8, 4) is 0 Å². The average Bonchev–Trinajstić information content (AvgIpc) is 2.66. The topological polar surface area (TPSA) is 15.3 Å². The van der Waals surface area contributed by atoms with E-state index in [1.54, 1.807) is 0 Å². The number of thiocarbonyl (C=S) groups is 1. The molecule has 1 saturated heterocycles. The van der Waals surface area contributed by atoms with Crippen molar-refractivity contribution in [3.05, 3.63) is 30.3 Å². The van der Waals surface area contributed by atoms with Crippen molar-refractivity contribution >= 4 is 23.0 Å². The standard InChI is InChI=1S/C16H24N2S/c1-2-7-14-8-6-12-18(13-11-14)16(19)17-15-9-4-3-5-10-15/h3-5,9-10,14H,2,6-8,11-13H2,1H3,(H,17,19). The molecule has 1 aromatic carbocycles. The van der Waals surface area contributed by atoms with E-state index in [2.05, 4.69) is 29.3 Å². The van der Waals surface area contributed by atoms with Crippen molar-refractivity contribution in [2.24, 2.45) is 5.92 Å². The van der Waals surface area contributed by atoms with E-state index >= 15 is 0 Å². The molecule has 2 rings (SSSR count). The number of likely N-dealkylation sites (tertiary alicyclic amines) is 1. The summed E-state index contributed by atoms with van der Waals surface area (Å²) in [6.07, 6.45) is 6.58. The lowest BCUT2D eigenvalue weighted by atomic mass is 9.96. The lowest BCUT2D eigenvalue weighted by Gasteiger charge is -2.24. The van der Waals surface area contributed by atoms with Gasteiger partial charge in [-0.05, 0) is 49.5 Å². The summed E-state index contributed by atoms with van der Waals surface area (Å²) in [4.78, 5) is 2.33. The van der Waals surface area contributed by atoms with Gasteiger partial charge in [0, 0.05) is 18.8 Å². The highest BCUT2D eigenvalue weighted by atomic mass is 32.1. The third-order valence-corrected chi connectivity index (χ3v) is 4.22. The molecule has 104 valence electrons. The minimum atomic E-state index is 0.878. The van der Waals surface area contributed by atoms with Gasteiger partial charge in [-0.3, -0.25) is 0 Å². The second-order valence-electron chi connectivity index (χ2n) is 5.37. The molecule has 3 heteroatoms. The molecule has 1 aliphatic heterocycles. The van der Waals surface area contributed by atoms with E-state index in [9.17, 15) is 0 Å². The molecule has 1 aromatic rings. The van der Waals surface area contributed by atoms with Crippen LogP contribution in [0.25, 0.3) is 0 Å². The van der Waals surface area contributed by atoms with Crippen LogP contribution < -0.4 is 5.32 Å². The summed E-state index contributed by atoms with van der Waals surface area (Å²) in [5, 5.41) is 4.22. The van der Waals surface area contributed by atoms with Crippen LogP contribution >= 0.6 is 12.2 Å². The van der Waals surface area contributed by atoms with Gasteiger partial charge < -0.3 is 10.2 Å². The lowest BCUT2D eigenvalue weighted by Crippen LogP contribution is -2.35. The molecule has 2 nitrogen and oxygen atoms in total. The van der Waals surface area contributed by atoms with Crippen molar-refractivity contribution in [2.75, 3.05) is 18.4 Å². The zero-order valence-electron chi connectivity index (χ0n) is 11.8. The number of hydrogen-bond acceptors (Lipinski definition) is 1. The molecule has 0 spiro atoms. The van der Waals surface area contributed by atoms with Gasteiger partial charge in [-0.2, -0.15) is 0 Å². The molecule has 0 aliphatic carbocycles. The number of hydrogen-bond donors (Lipinski definition) is 1. The molecule has 0 amide bonds. The third kappa shape index (κ3) is 4.50. The Labute approximate surface area is 122 Å². The number of anilines is 1. The monoisotopic (exact) mass is 276 g/mol. The summed E-state index contributed by atoms with van der Waals surface area (Å²) in [5.74, 6) is 0.898. The number of para-hydroxylation sites is 1. The molecule has 0 aromatic heterocycles. The van der Waals surface area contributed by atoms with E-state index in [0.29, 0.717) is 0 Å². The molecular formula is C16H24N2S. The Morgan fingerprint density at radius 3 is 2.79 bits per heavy atom. The molecule has 1 aliphatic rings. The van der Waals surface area contributed by atoms with E-state index in [0.717, 1.165) is 29.8 Å². The molecule has 1 atom stereocenters. The van der Waals surface area contributed by atoms with Gasteiger partial charge in [-0.25, -0.2) is 0 Å². The van der Waals surface area contributed by atoms with Gasteiger partial charge in [0.1, 0.15) is 0 Å². The van der Waals surface area contributed by atoms with E-state index in [1.807, 2.05) is 18.2 Å². The van der Waals surface area contributed by atoms with Crippen molar-refractivity contribution in [1.29, 1.82) is 0 Å². The Balaban J connectivity index is 1.86. The highest BCUT2D eigenvalue weighted by molar-refractivity contribution is 7.80. The van der Waals surface area contributed by atoms with Crippen molar-refractivity contribution in [3.63, 3.8) is 0 Å². The fourth-order valence-electron chi connectivity index (χ4n) is 2.79. The predicted octanol–water partition coefficient (Wildman–Crippen LogP) is 4.29. The molecule has 1 fully saturated rings. The van der Waals surface area contributed by atoms with E-state index < -0.39 is 0 Å². The SMILES string of the molecule is CCCC1CCCN(C(=S)Nc2ccccc2)CC1. The van der Waals surface area contributed by atoms with Crippen LogP contribution in [-0.4, -0.2) is 23.1 Å². The second-order valence-corrected chi connectivity index (χ2v) is 5.76. The summed E-state index contributed by atoms with van der Waals surface area (Å²) < 4.78 is 0. The molecule has 0 saturated carbocycles. The van der Waals surface area contributed by atoms with E-state index in [4.69, 9.17) is 12.2 Å². The first-order valence-electron chi connectivity index (χ1n) is 7.40. The van der Waals surface area contributed by atoms with Crippen LogP contribution in [0.5, 0.6) is 0 Å². The van der Waals surface area contributed by atoms with Crippen LogP contribution in [0.4, 0.5) is 5.69 Å². The summed E-state index contributed by atoms with van der Waals surface area (Å²) in [5.41, 5.74) is 1.09. The molecule has 0 bridgehead atoms. The first kappa shape index (κ1) is 14.3. The quantitative estimate of drug-likeness (QED) is 0.829. The minimum Gasteiger partial charge on any atom is -0.349 e. The van der Waals surface area contributed by atoms with Crippen molar-refractivity contribution < 1.29 is 0 Å². The fraction of sp³-hybridized carbons (Fsp3) is 0.562. The third-order valence-electron chi connectivity index (χ3n) is 3.86. The zero-order chi connectivity index (χ0) is 13.5. The van der Waals surface area contributed by atoms with E-state index in [1.165, 1.54) is 32.1 Å². The maximum absolute atomic E-state index is 5.53. The fourth-order valence-corrected chi connectivity index (χ4v) is 3.09. The maximum Gasteiger partial charge on any atom is 0.173 e. The second kappa shape index (κ2) is 7.49. The molecule has 19 heavy (non-hydrogen) atoms. The number of benzene rings is 1. The maximum atomic E-state index is 5.53. The van der Waals surface area contributed by atoms with Crippen molar-refractivity contribution in [1.82, 2.24) is 4.90 Å². The number of rotatable bonds is 3. The number of nitrogens with one attached hydrogen (secondary N) is 1. The van der Waals surface area contributed by atoms with Gasteiger partial charge in [0.15, 0.2) is 5.11 Å². The van der Waals surface area contributed by atoms with Gasteiger partial charge in [-0.1, -0.05) is 38.0 Å². The Kier molecular flexibility index (Phi) is 5.64. The lowest BCUT2D eigenvalue weighted by molar-refractivity contribution is 0.405. The number of nitrogens with zero attached hydrogens (tertiary/aromatic N) is 1. The summed E-state index contributed by atoms with van der Waals surface area (Å²) in [6, 6.07) is 10.2. The first-order chi connectivity index (χ1) is 9.29. The largest absolute Gasteiger partial charge is 0.349 e. The van der Waals surface area contributed by atoms with Gasteiger partial charge in [0.2, 0.25) is 0 Å². The van der Waals surface area contributed by atoms with E-state index in [-0.39, 0.29) is 0 Å². The first-order valence-corrected chi connectivity index (χ1v) is 7.81. The highest BCUT2D eigenvalue weighted by Crippen LogP contribution is 2.22. The Morgan fingerprint density at radius 2 is 2.05 bits per heavy atom.